The van der Waals surface area contributed by atoms with Crippen LogP contribution in [0.15, 0.2) is 93.8 Å². The highest BCUT2D eigenvalue weighted by atomic mass is 32.2. The van der Waals surface area contributed by atoms with Crippen LogP contribution in [-0.4, -0.2) is 22.0 Å². The lowest BCUT2D eigenvalue weighted by atomic mass is 10.0. The molecular weight excluding hydrogens is 468 g/mol. The SMILES string of the molecule is CC(=O)O/N=C(\CCC(C)C)c1ccc(Sc2ccc(C(=O)c3cc4ccccc4n3C)cc2)cc1. The van der Waals surface area contributed by atoms with E-state index in [1.165, 1.54) is 6.92 Å². The van der Waals surface area contributed by atoms with E-state index in [9.17, 15) is 9.59 Å². The van der Waals surface area contributed by atoms with E-state index in [1.807, 2.05) is 90.5 Å². The molecule has 36 heavy (non-hydrogen) atoms. The molecule has 0 radical (unpaired) electrons. The molecule has 0 spiro atoms. The quantitative estimate of drug-likeness (QED) is 0.105. The number of oxime groups is 1. The van der Waals surface area contributed by atoms with Gasteiger partial charge in [0.05, 0.1) is 11.4 Å². The first-order chi connectivity index (χ1) is 17.3. The first kappa shape index (κ1) is 25.5. The maximum atomic E-state index is 13.1. The van der Waals surface area contributed by atoms with Crippen LogP contribution in [0.2, 0.25) is 0 Å². The second kappa shape index (κ2) is 11.4. The van der Waals surface area contributed by atoms with Crippen LogP contribution in [0.1, 0.15) is 55.2 Å². The number of aromatic nitrogens is 1. The Bertz CT molecular complexity index is 1400. The van der Waals surface area contributed by atoms with Gasteiger partial charge in [-0.15, -0.1) is 0 Å². The van der Waals surface area contributed by atoms with E-state index in [-0.39, 0.29) is 5.78 Å². The fraction of sp³-hybridized carbons (Fsp3) is 0.233. The lowest BCUT2D eigenvalue weighted by Gasteiger charge is -2.09. The Balaban J connectivity index is 1.46. The van der Waals surface area contributed by atoms with Gasteiger partial charge in [0.15, 0.2) is 0 Å². The van der Waals surface area contributed by atoms with Crippen molar-refractivity contribution in [1.82, 2.24) is 4.57 Å². The van der Waals surface area contributed by atoms with Gasteiger partial charge in [-0.25, -0.2) is 4.79 Å². The van der Waals surface area contributed by atoms with Crippen LogP contribution in [0.4, 0.5) is 0 Å². The molecule has 6 heteroatoms. The largest absolute Gasteiger partial charge is 0.341 e. The number of carbonyl (C=O) groups is 2. The summed E-state index contributed by atoms with van der Waals surface area (Å²) in [5.74, 6) is 0.111. The zero-order chi connectivity index (χ0) is 25.7. The molecule has 1 heterocycles. The molecule has 0 aliphatic heterocycles. The van der Waals surface area contributed by atoms with Gasteiger partial charge in [-0.05, 0) is 72.9 Å². The third-order valence-corrected chi connectivity index (χ3v) is 6.98. The molecule has 3 aromatic carbocycles. The highest BCUT2D eigenvalue weighted by Gasteiger charge is 2.15. The summed E-state index contributed by atoms with van der Waals surface area (Å²) in [5.41, 5.74) is 4.10. The molecule has 0 saturated carbocycles. The predicted octanol–water partition coefficient (Wildman–Crippen LogP) is 7.26. The second-order valence-corrected chi connectivity index (χ2v) is 10.3. The van der Waals surface area contributed by atoms with E-state index < -0.39 is 5.97 Å². The van der Waals surface area contributed by atoms with Crippen molar-refractivity contribution in [3.8, 4) is 0 Å². The minimum absolute atomic E-state index is 0.00981. The number of aryl methyl sites for hydroxylation is 1. The summed E-state index contributed by atoms with van der Waals surface area (Å²) in [6, 6.07) is 25.7. The molecule has 0 unspecified atom stereocenters. The van der Waals surface area contributed by atoms with Gasteiger partial charge in [-0.1, -0.05) is 61.1 Å². The van der Waals surface area contributed by atoms with Gasteiger partial charge in [0.2, 0.25) is 5.78 Å². The van der Waals surface area contributed by atoms with Gasteiger partial charge in [-0.3, -0.25) is 4.79 Å². The first-order valence-corrected chi connectivity index (χ1v) is 12.9. The normalized spacial score (nSPS) is 11.8. The van der Waals surface area contributed by atoms with Gasteiger partial charge in [-0.2, -0.15) is 0 Å². The fourth-order valence-electron chi connectivity index (χ4n) is 3.97. The highest BCUT2D eigenvalue weighted by Crippen LogP contribution is 2.29. The van der Waals surface area contributed by atoms with Gasteiger partial charge in [0.1, 0.15) is 0 Å². The van der Waals surface area contributed by atoms with Gasteiger partial charge < -0.3 is 9.40 Å². The number of ketones is 1. The molecule has 0 aliphatic rings. The van der Waals surface area contributed by atoms with E-state index in [2.05, 4.69) is 19.0 Å². The number of hydrogen-bond donors (Lipinski definition) is 0. The highest BCUT2D eigenvalue weighted by molar-refractivity contribution is 7.99. The second-order valence-electron chi connectivity index (χ2n) is 9.18. The number of hydrogen-bond acceptors (Lipinski definition) is 5. The van der Waals surface area contributed by atoms with E-state index >= 15 is 0 Å². The molecule has 184 valence electrons. The summed E-state index contributed by atoms with van der Waals surface area (Å²) >= 11 is 1.63. The number of rotatable bonds is 9. The van der Waals surface area contributed by atoms with E-state index in [0.29, 0.717) is 17.2 Å². The van der Waals surface area contributed by atoms with Gasteiger partial charge >= 0.3 is 5.97 Å². The van der Waals surface area contributed by atoms with E-state index in [0.717, 1.165) is 44.8 Å². The average Bonchev–Trinajstić information content (AvgIpc) is 3.21. The van der Waals surface area contributed by atoms with Gasteiger partial charge in [0, 0.05) is 40.2 Å². The number of fused-ring (bicyclic) bond motifs is 1. The smallest absolute Gasteiger partial charge is 0.331 e. The topological polar surface area (TPSA) is 60.7 Å². The summed E-state index contributed by atoms with van der Waals surface area (Å²) in [6.45, 7) is 5.66. The summed E-state index contributed by atoms with van der Waals surface area (Å²) in [6.07, 6.45) is 1.70. The monoisotopic (exact) mass is 498 g/mol. The van der Waals surface area contributed by atoms with Crippen molar-refractivity contribution >= 4 is 40.1 Å². The Kier molecular flexibility index (Phi) is 8.06. The van der Waals surface area contributed by atoms with Crippen LogP contribution in [0, 0.1) is 5.92 Å². The zero-order valence-electron chi connectivity index (χ0n) is 21.0. The lowest BCUT2D eigenvalue weighted by Crippen LogP contribution is -2.07. The van der Waals surface area contributed by atoms with Crippen molar-refractivity contribution < 1.29 is 14.4 Å². The first-order valence-electron chi connectivity index (χ1n) is 12.0. The summed E-state index contributed by atoms with van der Waals surface area (Å²) < 4.78 is 1.95. The zero-order valence-corrected chi connectivity index (χ0v) is 21.8. The molecule has 0 fully saturated rings. The minimum Gasteiger partial charge on any atom is -0.341 e. The number of benzene rings is 3. The maximum absolute atomic E-state index is 13.1. The van der Waals surface area contributed by atoms with Crippen LogP contribution in [0.25, 0.3) is 10.9 Å². The Morgan fingerprint density at radius 3 is 2.11 bits per heavy atom. The van der Waals surface area contributed by atoms with Crippen LogP contribution >= 0.6 is 11.8 Å². The van der Waals surface area contributed by atoms with Crippen LogP contribution < -0.4 is 0 Å². The average molecular weight is 499 g/mol. The summed E-state index contributed by atoms with van der Waals surface area (Å²) in [5, 5.41) is 5.14. The van der Waals surface area contributed by atoms with E-state index in [1.54, 1.807) is 11.8 Å². The van der Waals surface area contributed by atoms with Gasteiger partial charge in [0.25, 0.3) is 0 Å². The molecule has 0 atom stereocenters. The molecule has 4 rings (SSSR count). The van der Waals surface area contributed by atoms with Crippen LogP contribution in [0.3, 0.4) is 0 Å². The van der Waals surface area contributed by atoms with Crippen LogP contribution in [0.5, 0.6) is 0 Å². The number of carbonyl (C=O) groups excluding carboxylic acids is 2. The van der Waals surface area contributed by atoms with Crippen molar-refractivity contribution in [3.05, 3.63) is 95.7 Å². The van der Waals surface area contributed by atoms with Crippen molar-refractivity contribution in [3.63, 3.8) is 0 Å². The molecule has 4 aromatic rings. The summed E-state index contributed by atoms with van der Waals surface area (Å²) in [7, 11) is 1.93. The molecule has 0 aliphatic carbocycles. The van der Waals surface area contributed by atoms with Crippen molar-refractivity contribution in [1.29, 1.82) is 0 Å². The fourth-order valence-corrected chi connectivity index (χ4v) is 4.78. The number of nitrogens with zero attached hydrogens (tertiary/aromatic N) is 2. The Morgan fingerprint density at radius 2 is 1.53 bits per heavy atom. The Morgan fingerprint density at radius 1 is 0.917 bits per heavy atom. The molecule has 0 bridgehead atoms. The van der Waals surface area contributed by atoms with Crippen molar-refractivity contribution in [2.24, 2.45) is 18.1 Å². The van der Waals surface area contributed by atoms with E-state index in [4.69, 9.17) is 4.84 Å². The molecule has 0 amide bonds. The van der Waals surface area contributed by atoms with Crippen molar-refractivity contribution in [2.45, 2.75) is 43.4 Å². The standard InChI is InChI=1S/C30H30N2O3S/c1-20(2)9-18-27(31-35-21(3)33)22-10-14-25(15-11-22)36-26-16-12-23(13-17-26)30(34)29-19-24-7-5-6-8-28(24)32(29)4/h5-8,10-17,19-20H,9,18H2,1-4H3/b31-27+. The van der Waals surface area contributed by atoms with Crippen LogP contribution in [-0.2, 0) is 16.7 Å². The third-order valence-electron chi connectivity index (χ3n) is 5.97. The molecule has 0 saturated heterocycles. The Labute approximate surface area is 216 Å². The van der Waals surface area contributed by atoms with Crippen molar-refractivity contribution in [2.75, 3.05) is 0 Å². The number of para-hydroxylation sites is 1. The summed E-state index contributed by atoms with van der Waals surface area (Å²) in [4.78, 5) is 31.4. The molecule has 1 aromatic heterocycles. The third kappa shape index (κ3) is 6.13. The molecule has 5 nitrogen and oxygen atoms in total. The predicted molar refractivity (Wildman–Crippen MR) is 146 cm³/mol. The lowest BCUT2D eigenvalue weighted by molar-refractivity contribution is -0.140. The minimum atomic E-state index is -0.424. The maximum Gasteiger partial charge on any atom is 0.331 e. The molecule has 0 N–H and O–H groups in total. The molecular formula is C30H30N2O3S. The Hall–Kier alpha value is -3.64.